The number of benzene rings is 6. The third kappa shape index (κ3) is 7.68. The predicted octanol–water partition coefficient (Wildman–Crippen LogP) is 10.6. The molecule has 0 amide bonds. The van der Waals surface area contributed by atoms with Crippen molar-refractivity contribution in [3.8, 4) is 0 Å². The molecule has 6 aromatic carbocycles. The maximum atomic E-state index is 5.70. The first-order chi connectivity index (χ1) is 24.4. The number of aliphatic imine (C=N–C) groups is 2. The quantitative estimate of drug-likeness (QED) is 0.131. The summed E-state index contributed by atoms with van der Waals surface area (Å²) in [6.45, 7) is 4.12. The van der Waals surface area contributed by atoms with E-state index in [4.69, 9.17) is 34.4 Å². The third-order valence-corrected chi connectivity index (χ3v) is 8.61. The molecule has 0 atom stereocenters. The molecule has 0 radical (unpaired) electrons. The van der Waals surface area contributed by atoms with Gasteiger partial charge in [-0.2, -0.15) is 0 Å². The summed E-state index contributed by atoms with van der Waals surface area (Å²) in [6.07, 6.45) is 0. The average Bonchev–Trinajstić information content (AvgIpc) is 3.12. The molecule has 0 saturated carbocycles. The molecule has 1 aliphatic rings. The number of thiocarbonyl (C=S) groups is 2. The van der Waals surface area contributed by atoms with Gasteiger partial charge in [-0.05, 0) is 98.9 Å². The van der Waals surface area contributed by atoms with E-state index < -0.39 is 0 Å². The van der Waals surface area contributed by atoms with Crippen LogP contribution in [0.15, 0.2) is 156 Å². The summed E-state index contributed by atoms with van der Waals surface area (Å²) in [7, 11) is 0. The van der Waals surface area contributed by atoms with E-state index in [2.05, 4.69) is 95.8 Å². The zero-order valence-electron chi connectivity index (χ0n) is 27.6. The van der Waals surface area contributed by atoms with Gasteiger partial charge in [-0.1, -0.05) is 96.1 Å². The molecule has 50 heavy (non-hydrogen) atoms. The second-order valence-corrected chi connectivity index (χ2v) is 12.8. The van der Waals surface area contributed by atoms with Gasteiger partial charge in [0.25, 0.3) is 0 Å². The minimum Gasteiger partial charge on any atom is -0.332 e. The first kappa shape index (κ1) is 32.6. The predicted molar refractivity (Wildman–Crippen MR) is 218 cm³/mol. The Balaban J connectivity index is 1.29. The second kappa shape index (κ2) is 14.7. The smallest absolute Gasteiger partial charge is 0.175 e. The Labute approximate surface area is 303 Å². The topological polar surface area (TPSA) is 72.8 Å². The van der Waals surface area contributed by atoms with Crippen LogP contribution in [0.2, 0.25) is 0 Å². The van der Waals surface area contributed by atoms with Gasteiger partial charge in [0.15, 0.2) is 10.2 Å². The van der Waals surface area contributed by atoms with Crippen LogP contribution in [-0.2, 0) is 0 Å². The highest BCUT2D eigenvalue weighted by atomic mass is 32.1. The minimum atomic E-state index is 0.492. The van der Waals surface area contributed by atoms with Gasteiger partial charge in [-0.3, -0.25) is 0 Å². The molecule has 1 aliphatic heterocycles. The Morgan fingerprint density at radius 3 is 1.14 bits per heavy atom. The molecular weight excluding hydrogens is 653 g/mol. The first-order valence-electron chi connectivity index (χ1n) is 16.2. The van der Waals surface area contributed by atoms with Crippen molar-refractivity contribution in [3.05, 3.63) is 179 Å². The number of nitrogens with zero attached hydrogens (tertiary/aromatic N) is 2. The fourth-order valence-electron chi connectivity index (χ4n) is 5.66. The Bertz CT molecular complexity index is 2080. The molecule has 0 aliphatic carbocycles. The number of rotatable bonds is 6. The molecule has 0 bridgehead atoms. The third-order valence-electron chi connectivity index (χ3n) is 8.20. The normalized spacial score (nSPS) is 11.8. The molecule has 0 unspecified atom stereocenters. The summed E-state index contributed by atoms with van der Waals surface area (Å²) in [5, 5.41) is 14.3. The summed E-state index contributed by atoms with van der Waals surface area (Å²) in [4.78, 5) is 10.7. The van der Waals surface area contributed by atoms with Crippen molar-refractivity contribution in [1.29, 1.82) is 0 Å². The first-order valence-corrected chi connectivity index (χ1v) is 17.1. The Hall–Kier alpha value is -5.96. The maximum absolute atomic E-state index is 5.70. The van der Waals surface area contributed by atoms with Crippen LogP contribution < -0.4 is 21.3 Å². The number of anilines is 4. The lowest BCUT2D eigenvalue weighted by atomic mass is 9.95. The standard InChI is InChI=1S/C42H34N6S2/c1-27-13-17-31(18-14-27)43-41(49)45-33-21-23-37-35(25-33)39(29-9-5-3-6-10-29)48-38-24-22-34(46-42(50)44-32-19-15-28(2)16-20-32)26-36(38)40(47-37)30-11-7-4-8-12-30/h3-26H,1-2H3,(H2,43,45,49)(H2,44,46,50). The zero-order chi connectivity index (χ0) is 34.5. The fraction of sp³-hybridized carbons (Fsp3) is 0.0476. The van der Waals surface area contributed by atoms with E-state index in [1.807, 2.05) is 84.9 Å². The fourth-order valence-corrected chi connectivity index (χ4v) is 6.13. The van der Waals surface area contributed by atoms with Gasteiger partial charge >= 0.3 is 0 Å². The van der Waals surface area contributed by atoms with Crippen LogP contribution >= 0.6 is 24.4 Å². The van der Waals surface area contributed by atoms with Gasteiger partial charge < -0.3 is 21.3 Å². The molecule has 0 aromatic heterocycles. The Kier molecular flexibility index (Phi) is 9.55. The maximum Gasteiger partial charge on any atom is 0.175 e. The van der Waals surface area contributed by atoms with E-state index in [0.29, 0.717) is 10.2 Å². The van der Waals surface area contributed by atoms with E-state index in [1.165, 1.54) is 11.1 Å². The van der Waals surface area contributed by atoms with Crippen molar-refractivity contribution in [2.45, 2.75) is 13.8 Å². The largest absolute Gasteiger partial charge is 0.332 e. The van der Waals surface area contributed by atoms with Gasteiger partial charge in [0, 0.05) is 45.0 Å². The lowest BCUT2D eigenvalue weighted by molar-refractivity contribution is 1.39. The molecule has 0 spiro atoms. The van der Waals surface area contributed by atoms with E-state index in [1.54, 1.807) is 0 Å². The molecule has 8 heteroatoms. The van der Waals surface area contributed by atoms with Crippen LogP contribution in [0.1, 0.15) is 33.4 Å². The van der Waals surface area contributed by atoms with Crippen LogP contribution in [0.5, 0.6) is 0 Å². The van der Waals surface area contributed by atoms with E-state index >= 15 is 0 Å². The Morgan fingerprint density at radius 1 is 0.420 bits per heavy atom. The van der Waals surface area contributed by atoms with Gasteiger partial charge in [0.2, 0.25) is 0 Å². The zero-order valence-corrected chi connectivity index (χ0v) is 29.2. The number of nitrogens with one attached hydrogen (secondary N) is 4. The van der Waals surface area contributed by atoms with Crippen LogP contribution in [-0.4, -0.2) is 21.6 Å². The highest BCUT2D eigenvalue weighted by Gasteiger charge is 2.21. The molecule has 6 nitrogen and oxygen atoms in total. The summed E-state index contributed by atoms with van der Waals surface area (Å²) in [6, 6.07) is 48.8. The van der Waals surface area contributed by atoms with Gasteiger partial charge in [-0.25, -0.2) is 9.98 Å². The summed E-state index contributed by atoms with van der Waals surface area (Å²) >= 11 is 11.4. The number of hydrogen-bond donors (Lipinski definition) is 4. The average molecular weight is 687 g/mol. The molecule has 0 fully saturated rings. The monoisotopic (exact) mass is 686 g/mol. The van der Waals surface area contributed by atoms with Crippen LogP contribution in [0.3, 0.4) is 0 Å². The lowest BCUT2D eigenvalue weighted by Gasteiger charge is -2.20. The number of fused-ring (bicyclic) bond motifs is 2. The number of aryl methyl sites for hydroxylation is 2. The molecule has 7 rings (SSSR count). The SMILES string of the molecule is Cc1ccc(NC(=S)Nc2ccc3c(c2)C(c2ccccc2)=Nc2ccc(NC(=S)Nc4ccc(C)cc4)cc2C(c2ccccc2)=N3)cc1. The highest BCUT2D eigenvalue weighted by Crippen LogP contribution is 2.36. The van der Waals surface area contributed by atoms with Crippen LogP contribution in [0.4, 0.5) is 34.1 Å². The van der Waals surface area contributed by atoms with Gasteiger partial charge in [-0.15, -0.1) is 0 Å². The summed E-state index contributed by atoms with van der Waals surface area (Å²) < 4.78 is 0. The summed E-state index contributed by atoms with van der Waals surface area (Å²) in [5.74, 6) is 0. The molecule has 4 N–H and O–H groups in total. The Morgan fingerprint density at radius 2 is 0.760 bits per heavy atom. The van der Waals surface area contributed by atoms with E-state index in [-0.39, 0.29) is 0 Å². The highest BCUT2D eigenvalue weighted by molar-refractivity contribution is 7.81. The van der Waals surface area contributed by atoms with Crippen molar-refractivity contribution in [1.82, 2.24) is 0 Å². The molecular formula is C42H34N6S2. The van der Waals surface area contributed by atoms with Crippen molar-refractivity contribution < 1.29 is 0 Å². The van der Waals surface area contributed by atoms with E-state index in [0.717, 1.165) is 67.8 Å². The van der Waals surface area contributed by atoms with Crippen molar-refractivity contribution in [2.75, 3.05) is 21.3 Å². The van der Waals surface area contributed by atoms with E-state index in [9.17, 15) is 0 Å². The molecule has 244 valence electrons. The molecule has 1 heterocycles. The minimum absolute atomic E-state index is 0.492. The van der Waals surface area contributed by atoms with Crippen molar-refractivity contribution in [3.63, 3.8) is 0 Å². The molecule has 0 saturated heterocycles. The van der Waals surface area contributed by atoms with Crippen LogP contribution in [0, 0.1) is 13.8 Å². The molecule has 6 aromatic rings. The van der Waals surface area contributed by atoms with Gasteiger partial charge in [0.1, 0.15) is 0 Å². The van der Waals surface area contributed by atoms with Gasteiger partial charge in [0.05, 0.1) is 22.8 Å². The van der Waals surface area contributed by atoms with Crippen molar-refractivity contribution in [2.24, 2.45) is 9.98 Å². The van der Waals surface area contributed by atoms with Crippen LogP contribution in [0.25, 0.3) is 0 Å². The second-order valence-electron chi connectivity index (χ2n) is 12.0. The number of hydrogen-bond acceptors (Lipinski definition) is 4. The van der Waals surface area contributed by atoms with Crippen molar-refractivity contribution >= 4 is 80.2 Å². The summed E-state index contributed by atoms with van der Waals surface area (Å²) in [5.41, 5.74) is 12.7. The lowest BCUT2D eigenvalue weighted by Crippen LogP contribution is -2.20.